The molecule has 1 aromatic rings. The van der Waals surface area contributed by atoms with Gasteiger partial charge in [0.1, 0.15) is 6.10 Å². The lowest BCUT2D eigenvalue weighted by atomic mass is 9.81. The number of aryl methyl sites for hydroxylation is 1. The summed E-state index contributed by atoms with van der Waals surface area (Å²) in [5, 5.41) is 1.98. The maximum atomic E-state index is 5.98. The molecule has 2 atom stereocenters. The van der Waals surface area contributed by atoms with Crippen LogP contribution in [0.4, 0.5) is 0 Å². The molecule has 2 heterocycles. The van der Waals surface area contributed by atoms with Gasteiger partial charge in [-0.15, -0.1) is 0 Å². The maximum absolute atomic E-state index is 5.98. The van der Waals surface area contributed by atoms with Gasteiger partial charge in [0, 0.05) is 25.2 Å². The van der Waals surface area contributed by atoms with Crippen molar-refractivity contribution in [3.63, 3.8) is 0 Å². The lowest BCUT2D eigenvalue weighted by Crippen LogP contribution is -2.25. The highest BCUT2D eigenvalue weighted by Gasteiger charge is 2.32. The van der Waals surface area contributed by atoms with Crippen molar-refractivity contribution in [2.45, 2.75) is 59.5 Å². The molecule has 0 fully saturated rings. The highest BCUT2D eigenvalue weighted by Crippen LogP contribution is 2.39. The zero-order valence-electron chi connectivity index (χ0n) is 13.9. The van der Waals surface area contributed by atoms with Crippen LogP contribution >= 0.6 is 0 Å². The highest BCUT2D eigenvalue weighted by molar-refractivity contribution is 5.39. The SMILES string of the molecule is Cc1cc(C(C)C)c2c(n1)[C@@H](C)ON(C)CC2C(C)C. The minimum Gasteiger partial charge on any atom is -0.290 e. The van der Waals surface area contributed by atoms with Gasteiger partial charge in [-0.3, -0.25) is 9.82 Å². The lowest BCUT2D eigenvalue weighted by Gasteiger charge is -2.27. The van der Waals surface area contributed by atoms with Crippen LogP contribution in [0.5, 0.6) is 0 Å². The Labute approximate surface area is 123 Å². The van der Waals surface area contributed by atoms with Crippen LogP contribution < -0.4 is 0 Å². The average molecular weight is 276 g/mol. The largest absolute Gasteiger partial charge is 0.290 e. The van der Waals surface area contributed by atoms with E-state index in [4.69, 9.17) is 9.82 Å². The molecular formula is C17H28N2O. The zero-order valence-corrected chi connectivity index (χ0v) is 13.9. The van der Waals surface area contributed by atoms with Crippen molar-refractivity contribution >= 4 is 0 Å². The van der Waals surface area contributed by atoms with Crippen LogP contribution in [-0.2, 0) is 4.84 Å². The van der Waals surface area contributed by atoms with Gasteiger partial charge in [0.25, 0.3) is 0 Å². The molecule has 1 aliphatic rings. The monoisotopic (exact) mass is 276 g/mol. The topological polar surface area (TPSA) is 25.4 Å². The van der Waals surface area contributed by atoms with Gasteiger partial charge in [0.15, 0.2) is 0 Å². The number of aromatic nitrogens is 1. The van der Waals surface area contributed by atoms with Gasteiger partial charge in [-0.05, 0) is 42.9 Å². The van der Waals surface area contributed by atoms with Crippen LogP contribution in [0.25, 0.3) is 0 Å². The number of rotatable bonds is 2. The molecule has 0 saturated heterocycles. The zero-order chi connectivity index (χ0) is 15.0. The van der Waals surface area contributed by atoms with E-state index in [1.807, 2.05) is 12.1 Å². The van der Waals surface area contributed by atoms with E-state index in [0.717, 1.165) is 17.9 Å². The fourth-order valence-electron chi connectivity index (χ4n) is 3.20. The Balaban J connectivity index is 2.67. The number of pyridine rings is 1. The molecule has 0 amide bonds. The number of nitrogens with zero attached hydrogens (tertiary/aromatic N) is 2. The minimum atomic E-state index is 0.0242. The van der Waals surface area contributed by atoms with E-state index in [1.54, 1.807) is 0 Å². The molecule has 0 saturated carbocycles. The summed E-state index contributed by atoms with van der Waals surface area (Å²) in [7, 11) is 2.03. The Kier molecular flexibility index (Phi) is 4.50. The van der Waals surface area contributed by atoms with Crippen LogP contribution in [-0.4, -0.2) is 23.6 Å². The van der Waals surface area contributed by atoms with Crippen molar-refractivity contribution in [2.75, 3.05) is 13.6 Å². The Morgan fingerprint density at radius 3 is 2.50 bits per heavy atom. The highest BCUT2D eigenvalue weighted by atomic mass is 16.7. The van der Waals surface area contributed by atoms with Crippen molar-refractivity contribution in [1.82, 2.24) is 10.0 Å². The smallest absolute Gasteiger partial charge is 0.119 e. The minimum absolute atomic E-state index is 0.0242. The Bertz CT molecular complexity index is 482. The molecule has 3 heteroatoms. The predicted molar refractivity (Wildman–Crippen MR) is 82.8 cm³/mol. The van der Waals surface area contributed by atoms with Gasteiger partial charge < -0.3 is 0 Å². The van der Waals surface area contributed by atoms with E-state index in [2.05, 4.69) is 47.6 Å². The first-order chi connectivity index (χ1) is 9.31. The molecule has 3 nitrogen and oxygen atoms in total. The number of hydrogen-bond donors (Lipinski definition) is 0. The maximum Gasteiger partial charge on any atom is 0.119 e. The van der Waals surface area contributed by atoms with Gasteiger partial charge in [-0.25, -0.2) is 0 Å². The first-order valence-corrected chi connectivity index (χ1v) is 7.70. The van der Waals surface area contributed by atoms with E-state index in [9.17, 15) is 0 Å². The molecule has 112 valence electrons. The van der Waals surface area contributed by atoms with E-state index in [-0.39, 0.29) is 6.10 Å². The van der Waals surface area contributed by atoms with Gasteiger partial charge in [-0.1, -0.05) is 27.7 Å². The molecule has 1 aliphatic heterocycles. The van der Waals surface area contributed by atoms with Gasteiger partial charge in [0.2, 0.25) is 0 Å². The Morgan fingerprint density at radius 2 is 1.95 bits per heavy atom. The van der Waals surface area contributed by atoms with Crippen molar-refractivity contribution in [3.05, 3.63) is 28.6 Å². The first kappa shape index (κ1) is 15.5. The third kappa shape index (κ3) is 2.89. The van der Waals surface area contributed by atoms with Crippen LogP contribution in [0.15, 0.2) is 6.07 Å². The summed E-state index contributed by atoms with van der Waals surface area (Å²) in [6, 6.07) is 2.26. The van der Waals surface area contributed by atoms with E-state index < -0.39 is 0 Å². The second kappa shape index (κ2) is 5.82. The number of hydrogen-bond acceptors (Lipinski definition) is 3. The van der Waals surface area contributed by atoms with E-state index in [1.165, 1.54) is 11.1 Å². The first-order valence-electron chi connectivity index (χ1n) is 7.70. The molecule has 1 unspecified atom stereocenters. The number of likely N-dealkylation sites (N-methyl/N-ethyl adjacent to an activating group) is 1. The summed E-state index contributed by atoms with van der Waals surface area (Å²) < 4.78 is 0. The third-order valence-electron chi connectivity index (χ3n) is 4.22. The summed E-state index contributed by atoms with van der Waals surface area (Å²) in [6.45, 7) is 14.2. The molecule has 0 aliphatic carbocycles. The van der Waals surface area contributed by atoms with Gasteiger partial charge in [-0.2, -0.15) is 5.06 Å². The summed E-state index contributed by atoms with van der Waals surface area (Å²) in [5.41, 5.74) is 5.10. The van der Waals surface area contributed by atoms with Crippen LogP contribution in [0, 0.1) is 12.8 Å². The van der Waals surface area contributed by atoms with E-state index in [0.29, 0.717) is 17.8 Å². The van der Waals surface area contributed by atoms with Crippen LogP contribution in [0.1, 0.15) is 75.1 Å². The summed E-state index contributed by atoms with van der Waals surface area (Å²) >= 11 is 0. The standard InChI is InChI=1S/C17H28N2O/c1-10(2)14-8-12(5)18-17-13(6)20-19(7)9-15(11(3)4)16(14)17/h8,10-11,13,15H,9H2,1-7H3/t13-,15?/m1/s1. The Morgan fingerprint density at radius 1 is 1.30 bits per heavy atom. The molecule has 0 bridgehead atoms. The second-order valence-electron chi connectivity index (χ2n) is 6.72. The van der Waals surface area contributed by atoms with Crippen LogP contribution in [0.2, 0.25) is 0 Å². The summed E-state index contributed by atoms with van der Waals surface area (Å²) in [6.07, 6.45) is 0.0242. The number of fused-ring (bicyclic) bond motifs is 1. The van der Waals surface area contributed by atoms with Gasteiger partial charge in [0.05, 0.1) is 5.69 Å². The molecule has 20 heavy (non-hydrogen) atoms. The normalized spacial score (nSPS) is 24.1. The molecular weight excluding hydrogens is 248 g/mol. The third-order valence-corrected chi connectivity index (χ3v) is 4.22. The Hall–Kier alpha value is -0.930. The molecule has 2 rings (SSSR count). The summed E-state index contributed by atoms with van der Waals surface area (Å²) in [4.78, 5) is 10.8. The predicted octanol–water partition coefficient (Wildman–Crippen LogP) is 4.19. The van der Waals surface area contributed by atoms with Crippen molar-refractivity contribution in [2.24, 2.45) is 5.92 Å². The quantitative estimate of drug-likeness (QED) is 0.810. The van der Waals surface area contributed by atoms with Crippen LogP contribution in [0.3, 0.4) is 0 Å². The molecule has 0 aromatic carbocycles. The molecule has 0 N–H and O–H groups in total. The number of hydroxylamine groups is 2. The van der Waals surface area contributed by atoms with Gasteiger partial charge >= 0.3 is 0 Å². The molecule has 0 spiro atoms. The fraction of sp³-hybridized carbons (Fsp3) is 0.706. The van der Waals surface area contributed by atoms with Crippen molar-refractivity contribution < 1.29 is 4.84 Å². The molecule has 1 aromatic heterocycles. The summed E-state index contributed by atoms with van der Waals surface area (Å²) in [5.74, 6) is 1.57. The fourth-order valence-corrected chi connectivity index (χ4v) is 3.20. The second-order valence-corrected chi connectivity index (χ2v) is 6.72. The lowest BCUT2D eigenvalue weighted by molar-refractivity contribution is -0.178. The molecule has 0 radical (unpaired) electrons. The van der Waals surface area contributed by atoms with Crippen molar-refractivity contribution in [3.8, 4) is 0 Å². The van der Waals surface area contributed by atoms with Crippen molar-refractivity contribution in [1.29, 1.82) is 0 Å². The van der Waals surface area contributed by atoms with E-state index >= 15 is 0 Å². The average Bonchev–Trinajstić information content (AvgIpc) is 2.46.